The second-order valence-corrected chi connectivity index (χ2v) is 11.6. The van der Waals surface area contributed by atoms with E-state index in [9.17, 15) is 37.1 Å². The van der Waals surface area contributed by atoms with Gasteiger partial charge in [0.15, 0.2) is 0 Å². The Hall–Kier alpha value is -5.91. The van der Waals surface area contributed by atoms with E-state index in [0.29, 0.717) is 36.9 Å². The van der Waals surface area contributed by atoms with Crippen LogP contribution in [0.4, 0.5) is 23.2 Å². The van der Waals surface area contributed by atoms with Crippen molar-refractivity contribution in [2.45, 2.75) is 13.0 Å². The number of aliphatic hydroxyl groups is 1. The van der Waals surface area contributed by atoms with Gasteiger partial charge in [0.25, 0.3) is 11.5 Å². The van der Waals surface area contributed by atoms with Crippen molar-refractivity contribution < 1.29 is 32.3 Å². The molecular weight excluding hydrogens is 640 g/mol. The highest BCUT2D eigenvalue weighted by molar-refractivity contribution is 6.41. The van der Waals surface area contributed by atoms with E-state index < -0.39 is 63.8 Å². The second kappa shape index (κ2) is 14.1. The number of piperazine rings is 1. The summed E-state index contributed by atoms with van der Waals surface area (Å²) in [5.74, 6) is -6.65. The smallest absolute Gasteiger partial charge is 0.294 e. The van der Waals surface area contributed by atoms with Crippen molar-refractivity contribution in [1.29, 1.82) is 0 Å². The van der Waals surface area contributed by atoms with Gasteiger partial charge in [0, 0.05) is 86.3 Å². The van der Waals surface area contributed by atoms with Crippen LogP contribution in [0.3, 0.4) is 0 Å². The number of pyridine rings is 1. The molecule has 1 fully saturated rings. The van der Waals surface area contributed by atoms with Gasteiger partial charge < -0.3 is 24.0 Å². The number of hydrogen-bond acceptors (Lipinski definition) is 5. The zero-order valence-electron chi connectivity index (χ0n) is 26.0. The predicted molar refractivity (Wildman–Crippen MR) is 176 cm³/mol. The molecule has 0 bridgehead atoms. The largest absolute Gasteiger partial charge is 0.507 e. The molecule has 0 saturated carbocycles. The van der Waals surface area contributed by atoms with Gasteiger partial charge in [0.05, 0.1) is 12.1 Å². The van der Waals surface area contributed by atoms with Gasteiger partial charge in [-0.15, -0.1) is 0 Å². The molecule has 1 aliphatic heterocycles. The van der Waals surface area contributed by atoms with Gasteiger partial charge in [0.2, 0.25) is 5.78 Å². The average Bonchev–Trinajstić information content (AvgIpc) is 3.64. The van der Waals surface area contributed by atoms with Crippen molar-refractivity contribution in [3.05, 3.63) is 159 Å². The Morgan fingerprint density at radius 1 is 0.755 bits per heavy atom. The van der Waals surface area contributed by atoms with Crippen molar-refractivity contribution >= 4 is 23.1 Å². The van der Waals surface area contributed by atoms with Crippen molar-refractivity contribution in [3.63, 3.8) is 0 Å². The van der Waals surface area contributed by atoms with E-state index in [0.717, 1.165) is 22.0 Å². The van der Waals surface area contributed by atoms with E-state index >= 15 is 0 Å². The summed E-state index contributed by atoms with van der Waals surface area (Å²) in [5.41, 5.74) is 0.931. The Morgan fingerprint density at radius 3 is 2.00 bits per heavy atom. The first-order chi connectivity index (χ1) is 23.5. The highest BCUT2D eigenvalue weighted by atomic mass is 19.1. The summed E-state index contributed by atoms with van der Waals surface area (Å²) in [7, 11) is 0. The molecule has 5 aromatic rings. The normalized spacial score (nSPS) is 13.5. The van der Waals surface area contributed by atoms with Crippen LogP contribution >= 0.6 is 0 Å². The highest BCUT2D eigenvalue weighted by Crippen LogP contribution is 2.22. The minimum Gasteiger partial charge on any atom is -0.507 e. The van der Waals surface area contributed by atoms with Gasteiger partial charge >= 0.3 is 0 Å². The van der Waals surface area contributed by atoms with E-state index in [4.69, 9.17) is 0 Å². The Morgan fingerprint density at radius 2 is 1.37 bits per heavy atom. The number of benzene rings is 3. The van der Waals surface area contributed by atoms with Gasteiger partial charge in [-0.3, -0.25) is 14.4 Å². The number of hydrogen-bond donors (Lipinski definition) is 1. The molecule has 2 aromatic heterocycles. The minimum atomic E-state index is -1.15. The summed E-state index contributed by atoms with van der Waals surface area (Å²) in [6, 6.07) is 19.2. The molecule has 0 aliphatic carbocycles. The number of rotatable bonds is 9. The topological polar surface area (TPSA) is 87.8 Å². The summed E-state index contributed by atoms with van der Waals surface area (Å²) in [6.07, 6.45) is 5.40. The second-order valence-electron chi connectivity index (χ2n) is 11.6. The van der Waals surface area contributed by atoms with Crippen LogP contribution in [0.25, 0.3) is 11.4 Å². The van der Waals surface area contributed by atoms with Crippen molar-refractivity contribution in [2.75, 3.05) is 31.1 Å². The van der Waals surface area contributed by atoms with Crippen LogP contribution in [0.5, 0.6) is 0 Å². The lowest BCUT2D eigenvalue weighted by atomic mass is 10.0. The molecule has 12 heteroatoms. The lowest BCUT2D eigenvalue weighted by Gasteiger charge is -2.35. The van der Waals surface area contributed by atoms with Gasteiger partial charge in [-0.05, 0) is 65.7 Å². The molecule has 0 unspecified atom stereocenters. The number of halogens is 4. The lowest BCUT2D eigenvalue weighted by molar-refractivity contribution is -0.142. The SMILES string of the molecule is O=C(C=C(O)c1cc(Cc2c(F)cc(F)cc2F)cn(Cc2ccc(F)cc2)c1=O)C(=O)N1CCN(c2ccc(-n3cccc3)cc2)CC1. The Balaban J connectivity index is 1.20. The maximum absolute atomic E-state index is 14.5. The van der Waals surface area contributed by atoms with E-state index in [1.807, 2.05) is 53.4 Å². The third-order valence-electron chi connectivity index (χ3n) is 8.33. The number of amides is 1. The first-order valence-corrected chi connectivity index (χ1v) is 15.4. The summed E-state index contributed by atoms with van der Waals surface area (Å²) in [5, 5.41) is 11.0. The third-order valence-corrected chi connectivity index (χ3v) is 8.33. The van der Waals surface area contributed by atoms with Crippen molar-refractivity contribution in [1.82, 2.24) is 14.0 Å². The number of carbonyl (C=O) groups excluding carboxylic acids is 2. The van der Waals surface area contributed by atoms with Crippen LogP contribution < -0.4 is 10.5 Å². The fourth-order valence-corrected chi connectivity index (χ4v) is 5.76. The molecular formula is C37H30F4N4O4. The Kier molecular flexibility index (Phi) is 9.47. The molecule has 1 aliphatic rings. The van der Waals surface area contributed by atoms with E-state index in [-0.39, 0.29) is 25.2 Å². The number of carbonyl (C=O) groups is 2. The number of ketones is 1. The van der Waals surface area contributed by atoms with E-state index in [1.165, 1.54) is 35.4 Å². The van der Waals surface area contributed by atoms with E-state index in [2.05, 4.69) is 4.90 Å². The summed E-state index contributed by atoms with van der Waals surface area (Å²) in [4.78, 5) is 43.0. The molecule has 0 atom stereocenters. The first-order valence-electron chi connectivity index (χ1n) is 15.4. The van der Waals surface area contributed by atoms with Gasteiger partial charge in [-0.25, -0.2) is 17.6 Å². The molecule has 1 saturated heterocycles. The maximum atomic E-state index is 14.5. The number of aliphatic hydroxyl groups excluding tert-OH is 1. The van der Waals surface area contributed by atoms with Crippen molar-refractivity contribution in [2.24, 2.45) is 0 Å². The third kappa shape index (κ3) is 7.48. The molecule has 49 heavy (non-hydrogen) atoms. The van der Waals surface area contributed by atoms with Crippen LogP contribution in [0.2, 0.25) is 0 Å². The first kappa shape index (κ1) is 33.0. The monoisotopic (exact) mass is 670 g/mol. The number of aromatic nitrogens is 2. The molecule has 1 amide bonds. The number of anilines is 1. The Bertz CT molecular complexity index is 2060. The van der Waals surface area contributed by atoms with Crippen molar-refractivity contribution in [3.8, 4) is 5.69 Å². The maximum Gasteiger partial charge on any atom is 0.294 e. The van der Waals surface area contributed by atoms with Gasteiger partial charge in [-0.2, -0.15) is 0 Å². The zero-order valence-corrected chi connectivity index (χ0v) is 26.0. The van der Waals surface area contributed by atoms with Crippen LogP contribution in [-0.4, -0.2) is 57.0 Å². The lowest BCUT2D eigenvalue weighted by Crippen LogP contribution is -2.50. The molecule has 0 radical (unpaired) electrons. The molecule has 0 spiro atoms. The minimum absolute atomic E-state index is 0.117. The summed E-state index contributed by atoms with van der Waals surface area (Å²) in [6.45, 7) is 1.29. The highest BCUT2D eigenvalue weighted by Gasteiger charge is 2.26. The van der Waals surface area contributed by atoms with Crippen LogP contribution in [0.15, 0.2) is 108 Å². The van der Waals surface area contributed by atoms with Gasteiger partial charge in [0.1, 0.15) is 29.0 Å². The molecule has 250 valence electrons. The molecule has 3 aromatic carbocycles. The standard InChI is InChI=1S/C37H30F4N4O4/c38-26-5-3-24(4-6-26)22-45-23-25(17-30-32(40)19-27(39)20-33(30)41)18-31(36(45)48)34(46)21-35(47)37(49)44-15-13-43(14-16-44)29-9-7-28(8-10-29)42-11-1-2-12-42/h1-12,18-21,23,46H,13-17,22H2. The fourth-order valence-electron chi connectivity index (χ4n) is 5.76. The van der Waals surface area contributed by atoms with Crippen LogP contribution in [-0.2, 0) is 22.6 Å². The Labute approximate surface area is 278 Å². The summed E-state index contributed by atoms with van der Waals surface area (Å²) >= 11 is 0. The number of nitrogens with zero attached hydrogens (tertiary/aromatic N) is 4. The van der Waals surface area contributed by atoms with Gasteiger partial charge in [-0.1, -0.05) is 12.1 Å². The summed E-state index contributed by atoms with van der Waals surface area (Å²) < 4.78 is 59.1. The quantitative estimate of drug-likeness (QED) is 0.0949. The molecule has 8 nitrogen and oxygen atoms in total. The molecule has 6 rings (SSSR count). The zero-order chi connectivity index (χ0) is 34.7. The average molecular weight is 671 g/mol. The van der Waals surface area contributed by atoms with Crippen LogP contribution in [0.1, 0.15) is 22.3 Å². The molecule has 3 heterocycles. The van der Waals surface area contributed by atoms with E-state index in [1.54, 1.807) is 0 Å². The fraction of sp³-hybridized carbons (Fsp3) is 0.162. The van der Waals surface area contributed by atoms with Crippen LogP contribution in [0, 0.1) is 23.3 Å². The molecule has 1 N–H and O–H groups in total. The predicted octanol–water partition coefficient (Wildman–Crippen LogP) is 5.65.